The van der Waals surface area contributed by atoms with Gasteiger partial charge in [-0.3, -0.25) is 0 Å². The number of nitrogens with zero attached hydrogens (tertiary/aromatic N) is 1. The number of nitrogens with one attached hydrogen (secondary N) is 1. The zero-order chi connectivity index (χ0) is 16.9. The third-order valence-corrected chi connectivity index (χ3v) is 4.46. The molecule has 128 valence electrons. The summed E-state index contributed by atoms with van der Waals surface area (Å²) in [5.41, 5.74) is 4.81. The molecule has 1 aliphatic carbocycles. The average molecular weight is 326 g/mol. The van der Waals surface area contributed by atoms with Crippen molar-refractivity contribution in [2.75, 3.05) is 19.7 Å². The van der Waals surface area contributed by atoms with Gasteiger partial charge in [0, 0.05) is 12.1 Å². The third kappa shape index (κ3) is 3.77. The summed E-state index contributed by atoms with van der Waals surface area (Å²) in [6.45, 7) is 5.89. The van der Waals surface area contributed by atoms with E-state index in [0.29, 0.717) is 6.54 Å². The Hall–Kier alpha value is -1.91. The average Bonchev–Trinajstić information content (AvgIpc) is 2.98. The highest BCUT2D eigenvalue weighted by Crippen LogP contribution is 2.30. The quantitative estimate of drug-likeness (QED) is 0.607. The number of aliphatic hydroxyl groups is 1. The number of aryl methyl sites for hydroxylation is 2. The molecule has 24 heavy (non-hydrogen) atoms. The van der Waals surface area contributed by atoms with Crippen LogP contribution in [0.25, 0.3) is 10.8 Å². The summed E-state index contributed by atoms with van der Waals surface area (Å²) in [5, 5.41) is 19.9. The molecule has 4 heteroatoms. The highest BCUT2D eigenvalue weighted by molar-refractivity contribution is 6.08. The second-order valence-corrected chi connectivity index (χ2v) is 6.51. The molecule has 0 fully saturated rings. The lowest BCUT2D eigenvalue weighted by molar-refractivity contribution is 0.0404. The molecule has 0 radical (unpaired) electrons. The first-order valence-electron chi connectivity index (χ1n) is 8.79. The van der Waals surface area contributed by atoms with Crippen molar-refractivity contribution in [3.63, 3.8) is 0 Å². The molecule has 3 rings (SSSR count). The number of fused-ring (bicyclic) bond motifs is 3. The van der Waals surface area contributed by atoms with Crippen LogP contribution in [0.2, 0.25) is 0 Å². The highest BCUT2D eigenvalue weighted by Gasteiger charge is 2.20. The molecule has 1 aliphatic rings. The van der Waals surface area contributed by atoms with Gasteiger partial charge in [-0.2, -0.15) is 0 Å². The Morgan fingerprint density at radius 1 is 1.25 bits per heavy atom. The van der Waals surface area contributed by atoms with Crippen molar-refractivity contribution < 1.29 is 9.94 Å². The number of benzene rings is 2. The summed E-state index contributed by atoms with van der Waals surface area (Å²) < 4.78 is 0. The van der Waals surface area contributed by atoms with Crippen molar-refractivity contribution in [2.24, 2.45) is 5.16 Å². The largest absolute Gasteiger partial charge is 0.393 e. The van der Waals surface area contributed by atoms with Crippen molar-refractivity contribution in [1.29, 1.82) is 0 Å². The Kier molecular flexibility index (Phi) is 5.48. The number of rotatable bonds is 7. The van der Waals surface area contributed by atoms with Gasteiger partial charge in [0.2, 0.25) is 0 Å². The summed E-state index contributed by atoms with van der Waals surface area (Å²) in [5.74, 6) is 0. The lowest BCUT2D eigenvalue weighted by Gasteiger charge is -2.10. The van der Waals surface area contributed by atoms with Gasteiger partial charge in [0.15, 0.2) is 0 Å². The predicted octanol–water partition coefficient (Wildman–Crippen LogP) is 3.18. The van der Waals surface area contributed by atoms with Gasteiger partial charge in [0.05, 0.1) is 5.71 Å². The standard InChI is InChI=1S/C20H26N2O2/c1-3-10-21-12-16(23)13-24-22-20-9-8-18-17-6-4-14(2)11-15(17)5-7-19(18)20/h4-7,11,16,21,23H,3,8-10,12-13H2,1-2H3/b22-20+. The third-order valence-electron chi connectivity index (χ3n) is 4.46. The fraction of sp³-hybridized carbons (Fsp3) is 0.450. The van der Waals surface area contributed by atoms with E-state index in [1.54, 1.807) is 0 Å². The molecule has 0 amide bonds. The van der Waals surface area contributed by atoms with Gasteiger partial charge < -0.3 is 15.3 Å². The van der Waals surface area contributed by atoms with Gasteiger partial charge in [0.1, 0.15) is 12.7 Å². The summed E-state index contributed by atoms with van der Waals surface area (Å²) in [6.07, 6.45) is 2.42. The fourth-order valence-corrected chi connectivity index (χ4v) is 3.23. The van der Waals surface area contributed by atoms with E-state index < -0.39 is 6.10 Å². The second-order valence-electron chi connectivity index (χ2n) is 6.51. The molecule has 0 spiro atoms. The summed E-state index contributed by atoms with van der Waals surface area (Å²) in [6, 6.07) is 10.9. The van der Waals surface area contributed by atoms with Crippen molar-refractivity contribution in [3.8, 4) is 0 Å². The Balaban J connectivity index is 1.67. The van der Waals surface area contributed by atoms with Crippen LogP contribution < -0.4 is 5.32 Å². The van der Waals surface area contributed by atoms with E-state index in [0.717, 1.165) is 31.5 Å². The van der Waals surface area contributed by atoms with Gasteiger partial charge >= 0.3 is 0 Å². The van der Waals surface area contributed by atoms with Crippen LogP contribution in [0, 0.1) is 6.92 Å². The van der Waals surface area contributed by atoms with Crippen LogP contribution in [0.4, 0.5) is 0 Å². The van der Waals surface area contributed by atoms with E-state index in [-0.39, 0.29) is 6.61 Å². The Morgan fingerprint density at radius 3 is 2.96 bits per heavy atom. The maximum atomic E-state index is 9.86. The van der Waals surface area contributed by atoms with Crippen LogP contribution >= 0.6 is 0 Å². The Bertz CT molecular complexity index is 740. The molecular weight excluding hydrogens is 300 g/mol. The summed E-state index contributed by atoms with van der Waals surface area (Å²) in [7, 11) is 0. The first-order chi connectivity index (χ1) is 11.7. The molecule has 0 bridgehead atoms. The Labute approximate surface area is 143 Å². The van der Waals surface area contributed by atoms with Crippen LogP contribution in [0.3, 0.4) is 0 Å². The zero-order valence-electron chi connectivity index (χ0n) is 14.5. The van der Waals surface area contributed by atoms with Gasteiger partial charge in [-0.05, 0) is 49.1 Å². The van der Waals surface area contributed by atoms with Gasteiger partial charge in [-0.1, -0.05) is 48.0 Å². The van der Waals surface area contributed by atoms with Gasteiger partial charge in [-0.25, -0.2) is 0 Å². The molecule has 2 aromatic rings. The SMILES string of the molecule is CCCNCC(O)CO/N=C1\CCc2c1ccc1cc(C)ccc21. The van der Waals surface area contributed by atoms with E-state index in [1.165, 1.54) is 27.5 Å². The highest BCUT2D eigenvalue weighted by atomic mass is 16.6. The number of hydrogen-bond acceptors (Lipinski definition) is 4. The van der Waals surface area contributed by atoms with Gasteiger partial charge in [0.25, 0.3) is 0 Å². The van der Waals surface area contributed by atoms with Crippen LogP contribution in [0.5, 0.6) is 0 Å². The molecule has 1 atom stereocenters. The molecule has 0 heterocycles. The molecule has 0 aliphatic heterocycles. The molecule has 0 aromatic heterocycles. The lowest BCUT2D eigenvalue weighted by Crippen LogP contribution is -2.30. The normalized spacial score (nSPS) is 16.5. The van der Waals surface area contributed by atoms with Crippen LogP contribution in [0.15, 0.2) is 35.5 Å². The molecule has 2 aromatic carbocycles. The van der Waals surface area contributed by atoms with Gasteiger partial charge in [-0.15, -0.1) is 0 Å². The maximum Gasteiger partial charge on any atom is 0.144 e. The minimum absolute atomic E-state index is 0.225. The molecule has 4 nitrogen and oxygen atoms in total. The predicted molar refractivity (Wildman–Crippen MR) is 98.7 cm³/mol. The van der Waals surface area contributed by atoms with Crippen LogP contribution in [0.1, 0.15) is 36.5 Å². The molecular formula is C20H26N2O2. The lowest BCUT2D eigenvalue weighted by atomic mass is 9.99. The van der Waals surface area contributed by atoms with Crippen LogP contribution in [-0.2, 0) is 11.3 Å². The van der Waals surface area contributed by atoms with Crippen molar-refractivity contribution in [3.05, 3.63) is 47.0 Å². The number of aliphatic hydroxyl groups excluding tert-OH is 1. The van der Waals surface area contributed by atoms with Crippen molar-refractivity contribution in [2.45, 2.75) is 39.2 Å². The smallest absolute Gasteiger partial charge is 0.144 e. The molecule has 1 unspecified atom stereocenters. The van der Waals surface area contributed by atoms with E-state index >= 15 is 0 Å². The Morgan fingerprint density at radius 2 is 2.12 bits per heavy atom. The van der Waals surface area contributed by atoms with E-state index in [2.05, 4.69) is 54.7 Å². The number of oxime groups is 1. The topological polar surface area (TPSA) is 53.8 Å². The van der Waals surface area contributed by atoms with Crippen molar-refractivity contribution in [1.82, 2.24) is 5.32 Å². The summed E-state index contributed by atoms with van der Waals surface area (Å²) >= 11 is 0. The zero-order valence-corrected chi connectivity index (χ0v) is 14.5. The first kappa shape index (κ1) is 16.9. The second kappa shape index (κ2) is 7.77. The molecule has 0 saturated carbocycles. The first-order valence-corrected chi connectivity index (χ1v) is 8.79. The summed E-state index contributed by atoms with van der Waals surface area (Å²) in [4.78, 5) is 5.40. The minimum atomic E-state index is -0.527. The molecule has 0 saturated heterocycles. The monoisotopic (exact) mass is 326 g/mol. The maximum absolute atomic E-state index is 9.86. The van der Waals surface area contributed by atoms with E-state index in [4.69, 9.17) is 4.84 Å². The van der Waals surface area contributed by atoms with E-state index in [9.17, 15) is 5.11 Å². The van der Waals surface area contributed by atoms with Crippen LogP contribution in [-0.4, -0.2) is 36.6 Å². The minimum Gasteiger partial charge on any atom is -0.393 e. The van der Waals surface area contributed by atoms with E-state index in [1.807, 2.05) is 0 Å². The fourth-order valence-electron chi connectivity index (χ4n) is 3.23. The number of hydrogen-bond donors (Lipinski definition) is 2. The molecule has 2 N–H and O–H groups in total. The van der Waals surface area contributed by atoms with Crippen molar-refractivity contribution >= 4 is 16.5 Å².